The molecule has 4 saturated carbocycles. The molecule has 4 nitrogen and oxygen atoms in total. The standard InChI is InChI=1S/C22H35ClO4/c1-12(24)27-16-7-8-19(2,3)13-6-9-22-11-20(4,17(23)18(22)26)15(25)10-14(22)21(13,16)5/h13-18,25-26H,6-11H2,1-5H3/t13?,14-,15+,16-,17+,18+,20+,21+,22-/m0/s1. The van der Waals surface area contributed by atoms with Gasteiger partial charge in [0.15, 0.2) is 0 Å². The molecule has 2 bridgehead atoms. The van der Waals surface area contributed by atoms with E-state index >= 15 is 0 Å². The van der Waals surface area contributed by atoms with Crippen molar-refractivity contribution in [1.29, 1.82) is 0 Å². The van der Waals surface area contributed by atoms with Crippen molar-refractivity contribution >= 4 is 17.6 Å². The van der Waals surface area contributed by atoms with Crippen molar-refractivity contribution in [3.8, 4) is 0 Å². The number of aliphatic hydroxyl groups is 2. The maximum Gasteiger partial charge on any atom is 0.302 e. The minimum atomic E-state index is -0.618. The second-order valence-electron chi connectivity index (χ2n) is 11.1. The highest BCUT2D eigenvalue weighted by Crippen LogP contribution is 2.74. The molecule has 4 rings (SSSR count). The van der Waals surface area contributed by atoms with Crippen LogP contribution in [0.15, 0.2) is 0 Å². The number of fused-ring (bicyclic) bond motifs is 3. The number of carbonyl (C=O) groups excluding carboxylic acids is 1. The first-order chi connectivity index (χ1) is 12.4. The van der Waals surface area contributed by atoms with Gasteiger partial charge in [-0.05, 0) is 55.8 Å². The quantitative estimate of drug-likeness (QED) is 0.519. The second kappa shape index (κ2) is 5.86. The topological polar surface area (TPSA) is 66.8 Å². The highest BCUT2D eigenvalue weighted by molar-refractivity contribution is 6.22. The van der Waals surface area contributed by atoms with E-state index in [2.05, 4.69) is 20.8 Å². The average Bonchev–Trinajstić information content (AvgIpc) is 2.73. The molecule has 1 unspecified atom stereocenters. The molecule has 0 aromatic heterocycles. The summed E-state index contributed by atoms with van der Waals surface area (Å²) in [5, 5.41) is 21.9. The summed E-state index contributed by atoms with van der Waals surface area (Å²) in [6.45, 7) is 10.4. The molecule has 0 heterocycles. The number of aliphatic hydroxyl groups excluding tert-OH is 2. The van der Waals surface area contributed by atoms with E-state index in [1.165, 1.54) is 6.92 Å². The number of esters is 1. The zero-order valence-corrected chi connectivity index (χ0v) is 18.1. The van der Waals surface area contributed by atoms with Gasteiger partial charge in [0, 0.05) is 23.2 Å². The van der Waals surface area contributed by atoms with Crippen LogP contribution in [0.4, 0.5) is 0 Å². The predicted octanol–water partition coefficient (Wildman–Crippen LogP) is 3.90. The Hall–Kier alpha value is -0.320. The van der Waals surface area contributed by atoms with Gasteiger partial charge in [-0.2, -0.15) is 0 Å². The van der Waals surface area contributed by atoms with Crippen molar-refractivity contribution in [1.82, 2.24) is 0 Å². The zero-order chi connectivity index (χ0) is 20.0. The van der Waals surface area contributed by atoms with Crippen molar-refractivity contribution in [3.05, 3.63) is 0 Å². The molecule has 0 aromatic rings. The van der Waals surface area contributed by atoms with Crippen LogP contribution in [0.1, 0.15) is 73.1 Å². The summed E-state index contributed by atoms with van der Waals surface area (Å²) in [6.07, 6.45) is 3.93. The largest absolute Gasteiger partial charge is 0.462 e. The fourth-order valence-electron chi connectivity index (χ4n) is 8.23. The van der Waals surface area contributed by atoms with Crippen LogP contribution in [0.2, 0.25) is 0 Å². The summed E-state index contributed by atoms with van der Waals surface area (Å²) in [6, 6.07) is 0. The Bertz CT molecular complexity index is 650. The van der Waals surface area contributed by atoms with Crippen molar-refractivity contribution < 1.29 is 19.7 Å². The molecule has 0 aromatic carbocycles. The number of halogens is 1. The Morgan fingerprint density at radius 3 is 2.37 bits per heavy atom. The fraction of sp³-hybridized carbons (Fsp3) is 0.955. The van der Waals surface area contributed by atoms with Gasteiger partial charge in [-0.25, -0.2) is 0 Å². The van der Waals surface area contributed by atoms with Gasteiger partial charge in [0.25, 0.3) is 0 Å². The smallest absolute Gasteiger partial charge is 0.302 e. The van der Waals surface area contributed by atoms with Crippen LogP contribution in [0, 0.1) is 33.5 Å². The minimum absolute atomic E-state index is 0.106. The molecule has 1 spiro atoms. The summed E-state index contributed by atoms with van der Waals surface area (Å²) in [4.78, 5) is 11.9. The third kappa shape index (κ3) is 2.39. The number of alkyl halides is 1. The van der Waals surface area contributed by atoms with Gasteiger partial charge in [0.2, 0.25) is 0 Å². The lowest BCUT2D eigenvalue weighted by molar-refractivity contribution is -0.235. The number of carbonyl (C=O) groups is 1. The number of hydrogen-bond donors (Lipinski definition) is 2. The van der Waals surface area contributed by atoms with Gasteiger partial charge in [0.1, 0.15) is 6.10 Å². The molecule has 4 fully saturated rings. The first kappa shape index (κ1) is 20.0. The molecule has 0 radical (unpaired) electrons. The van der Waals surface area contributed by atoms with E-state index in [0.717, 1.165) is 32.1 Å². The van der Waals surface area contributed by atoms with Gasteiger partial charge in [-0.1, -0.05) is 27.7 Å². The van der Waals surface area contributed by atoms with Crippen molar-refractivity contribution in [2.24, 2.45) is 33.5 Å². The maximum absolute atomic E-state index is 11.9. The normalized spacial score (nSPS) is 56.1. The first-order valence-electron chi connectivity index (χ1n) is 10.6. The van der Waals surface area contributed by atoms with Gasteiger partial charge in [-0.3, -0.25) is 4.79 Å². The molecule has 0 amide bonds. The van der Waals surface area contributed by atoms with Crippen molar-refractivity contribution in [2.45, 2.75) is 96.8 Å². The van der Waals surface area contributed by atoms with Gasteiger partial charge >= 0.3 is 5.97 Å². The zero-order valence-electron chi connectivity index (χ0n) is 17.3. The van der Waals surface area contributed by atoms with Crippen molar-refractivity contribution in [3.63, 3.8) is 0 Å². The molecule has 0 saturated heterocycles. The molecule has 0 aliphatic heterocycles. The van der Waals surface area contributed by atoms with E-state index in [1.54, 1.807) is 0 Å². The van der Waals surface area contributed by atoms with Gasteiger partial charge in [0.05, 0.1) is 17.6 Å². The summed E-state index contributed by atoms with van der Waals surface area (Å²) in [5.74, 6) is 0.272. The molecule has 2 N–H and O–H groups in total. The Kier molecular flexibility index (Phi) is 4.33. The fourth-order valence-corrected chi connectivity index (χ4v) is 8.70. The van der Waals surface area contributed by atoms with Crippen LogP contribution in [0.5, 0.6) is 0 Å². The van der Waals surface area contributed by atoms with Gasteiger partial charge < -0.3 is 14.9 Å². The van der Waals surface area contributed by atoms with Crippen LogP contribution < -0.4 is 0 Å². The van der Waals surface area contributed by atoms with E-state index in [9.17, 15) is 15.0 Å². The van der Waals surface area contributed by atoms with Gasteiger partial charge in [-0.15, -0.1) is 11.6 Å². The third-order valence-electron chi connectivity index (χ3n) is 9.52. The van der Waals surface area contributed by atoms with E-state index in [0.29, 0.717) is 12.3 Å². The second-order valence-corrected chi connectivity index (χ2v) is 11.6. The number of rotatable bonds is 1. The lowest BCUT2D eigenvalue weighted by Crippen LogP contribution is -2.65. The van der Waals surface area contributed by atoms with E-state index in [1.807, 2.05) is 6.92 Å². The monoisotopic (exact) mass is 398 g/mol. The van der Waals surface area contributed by atoms with Crippen LogP contribution in [0.3, 0.4) is 0 Å². The molecule has 9 atom stereocenters. The number of hydrogen-bond acceptors (Lipinski definition) is 4. The predicted molar refractivity (Wildman–Crippen MR) is 104 cm³/mol. The lowest BCUT2D eigenvalue weighted by Gasteiger charge is -2.66. The molecule has 4 aliphatic carbocycles. The van der Waals surface area contributed by atoms with E-state index in [-0.39, 0.29) is 34.2 Å². The van der Waals surface area contributed by atoms with E-state index in [4.69, 9.17) is 16.3 Å². The van der Waals surface area contributed by atoms with Crippen molar-refractivity contribution in [2.75, 3.05) is 0 Å². The molecule has 4 aliphatic rings. The summed E-state index contributed by atoms with van der Waals surface area (Å²) in [5.41, 5.74) is -0.822. The van der Waals surface area contributed by atoms with Crippen LogP contribution in [-0.2, 0) is 9.53 Å². The lowest BCUT2D eigenvalue weighted by atomic mass is 9.39. The highest BCUT2D eigenvalue weighted by atomic mass is 35.5. The Morgan fingerprint density at radius 1 is 1.07 bits per heavy atom. The highest BCUT2D eigenvalue weighted by Gasteiger charge is 2.74. The maximum atomic E-state index is 11.9. The Morgan fingerprint density at radius 2 is 1.74 bits per heavy atom. The van der Waals surface area contributed by atoms with Crippen LogP contribution in [0.25, 0.3) is 0 Å². The Balaban J connectivity index is 1.83. The first-order valence-corrected chi connectivity index (χ1v) is 11.0. The minimum Gasteiger partial charge on any atom is -0.462 e. The molecular formula is C22H35ClO4. The SMILES string of the molecule is CC(=O)O[C@H]1CCC(C)(C)C2CC[C@]34C[C@](C)([C@H](O)C[C@H]3[C@@]21C)[C@H](Cl)[C@H]4O. The van der Waals surface area contributed by atoms with Crippen LogP contribution in [-0.4, -0.2) is 39.9 Å². The summed E-state index contributed by atoms with van der Waals surface area (Å²) in [7, 11) is 0. The summed E-state index contributed by atoms with van der Waals surface area (Å²) >= 11 is 6.72. The summed E-state index contributed by atoms with van der Waals surface area (Å²) < 4.78 is 5.90. The molecule has 5 heteroatoms. The third-order valence-corrected chi connectivity index (χ3v) is 10.3. The van der Waals surface area contributed by atoms with Crippen LogP contribution >= 0.6 is 11.6 Å². The van der Waals surface area contributed by atoms with E-state index < -0.39 is 23.0 Å². The molecule has 154 valence electrons. The average molecular weight is 399 g/mol. The number of ether oxygens (including phenoxy) is 1. The molecule has 27 heavy (non-hydrogen) atoms. The molecular weight excluding hydrogens is 364 g/mol. The Labute approximate surface area is 168 Å².